The molecule has 0 aromatic carbocycles. The average molecular weight is 258 g/mol. The third kappa shape index (κ3) is 2.72. The molecule has 1 saturated carbocycles. The Morgan fingerprint density at radius 2 is 2.21 bits per heavy atom. The van der Waals surface area contributed by atoms with Crippen LogP contribution in [-0.2, 0) is 13.0 Å². The highest BCUT2D eigenvalue weighted by molar-refractivity contribution is 5.36. The molecule has 0 saturated heterocycles. The smallest absolute Gasteiger partial charge is 0.152 e. The Bertz CT molecular complexity index is 572. The molecule has 6 heteroatoms. The van der Waals surface area contributed by atoms with Crippen molar-refractivity contribution in [3.63, 3.8) is 0 Å². The first-order valence-corrected chi connectivity index (χ1v) is 6.73. The molecule has 1 N–H and O–H groups in total. The van der Waals surface area contributed by atoms with E-state index in [4.69, 9.17) is 0 Å². The van der Waals surface area contributed by atoms with E-state index in [9.17, 15) is 0 Å². The standard InChI is InChI=1S/C13H18N6/c1-3-10-6-12(17-9(2)16-10)14-7-13-18-15-8-19(13)11-4-5-11/h6,8,11H,3-5,7H2,1-2H3,(H,14,16,17). The summed E-state index contributed by atoms with van der Waals surface area (Å²) in [6.07, 6.45) is 5.20. The number of hydrogen-bond donors (Lipinski definition) is 1. The van der Waals surface area contributed by atoms with Gasteiger partial charge in [0, 0.05) is 17.8 Å². The highest BCUT2D eigenvalue weighted by Gasteiger charge is 2.25. The Kier molecular flexibility index (Phi) is 3.15. The number of nitrogens with one attached hydrogen (secondary N) is 1. The van der Waals surface area contributed by atoms with E-state index in [0.717, 1.165) is 29.6 Å². The molecule has 100 valence electrons. The fourth-order valence-corrected chi connectivity index (χ4v) is 2.12. The highest BCUT2D eigenvalue weighted by Crippen LogP contribution is 2.35. The Morgan fingerprint density at radius 3 is 2.95 bits per heavy atom. The molecule has 19 heavy (non-hydrogen) atoms. The van der Waals surface area contributed by atoms with E-state index in [1.165, 1.54) is 12.8 Å². The van der Waals surface area contributed by atoms with Crippen LogP contribution in [-0.4, -0.2) is 24.7 Å². The maximum Gasteiger partial charge on any atom is 0.152 e. The van der Waals surface area contributed by atoms with E-state index in [0.29, 0.717) is 12.6 Å². The van der Waals surface area contributed by atoms with Gasteiger partial charge in [0.2, 0.25) is 0 Å². The topological polar surface area (TPSA) is 68.5 Å². The van der Waals surface area contributed by atoms with E-state index in [1.807, 2.05) is 19.3 Å². The molecule has 3 rings (SSSR count). The molecular weight excluding hydrogens is 240 g/mol. The zero-order valence-corrected chi connectivity index (χ0v) is 11.3. The number of anilines is 1. The van der Waals surface area contributed by atoms with Gasteiger partial charge in [-0.25, -0.2) is 9.97 Å². The Labute approximate surface area is 112 Å². The zero-order valence-electron chi connectivity index (χ0n) is 11.3. The van der Waals surface area contributed by atoms with Gasteiger partial charge in [-0.2, -0.15) is 0 Å². The van der Waals surface area contributed by atoms with Crippen LogP contribution in [0, 0.1) is 6.92 Å². The van der Waals surface area contributed by atoms with Gasteiger partial charge in [-0.3, -0.25) is 0 Å². The first-order valence-electron chi connectivity index (χ1n) is 6.73. The predicted molar refractivity (Wildman–Crippen MR) is 71.8 cm³/mol. The minimum Gasteiger partial charge on any atom is -0.363 e. The molecule has 0 aliphatic heterocycles. The SMILES string of the molecule is CCc1cc(NCc2nncn2C2CC2)nc(C)n1. The van der Waals surface area contributed by atoms with Gasteiger partial charge in [0.05, 0.1) is 6.54 Å². The molecule has 1 aliphatic rings. The quantitative estimate of drug-likeness (QED) is 0.887. The van der Waals surface area contributed by atoms with Crippen LogP contribution in [0.15, 0.2) is 12.4 Å². The van der Waals surface area contributed by atoms with E-state index in [2.05, 4.69) is 37.0 Å². The fraction of sp³-hybridized carbons (Fsp3) is 0.538. The molecule has 0 radical (unpaired) electrons. The minimum atomic E-state index is 0.602. The molecule has 0 atom stereocenters. The number of aromatic nitrogens is 5. The summed E-state index contributed by atoms with van der Waals surface area (Å²) >= 11 is 0. The molecule has 0 unspecified atom stereocenters. The van der Waals surface area contributed by atoms with Crippen LogP contribution in [0.25, 0.3) is 0 Å². The van der Waals surface area contributed by atoms with Crippen LogP contribution in [0.2, 0.25) is 0 Å². The summed E-state index contributed by atoms with van der Waals surface area (Å²) in [7, 11) is 0. The second-order valence-electron chi connectivity index (χ2n) is 4.88. The Hall–Kier alpha value is -1.98. The van der Waals surface area contributed by atoms with Gasteiger partial charge < -0.3 is 9.88 Å². The first kappa shape index (κ1) is 12.1. The zero-order chi connectivity index (χ0) is 13.2. The second-order valence-corrected chi connectivity index (χ2v) is 4.88. The summed E-state index contributed by atoms with van der Waals surface area (Å²) in [6, 6.07) is 2.59. The molecule has 0 spiro atoms. The van der Waals surface area contributed by atoms with Gasteiger partial charge in [0.25, 0.3) is 0 Å². The molecule has 2 aromatic rings. The van der Waals surface area contributed by atoms with Crippen molar-refractivity contribution in [1.82, 2.24) is 24.7 Å². The third-order valence-corrected chi connectivity index (χ3v) is 3.27. The summed E-state index contributed by atoms with van der Waals surface area (Å²) in [4.78, 5) is 8.76. The van der Waals surface area contributed by atoms with Crippen molar-refractivity contribution in [2.45, 2.75) is 45.7 Å². The summed E-state index contributed by atoms with van der Waals surface area (Å²) in [5.74, 6) is 2.62. The maximum atomic E-state index is 4.39. The van der Waals surface area contributed by atoms with E-state index in [-0.39, 0.29) is 0 Å². The van der Waals surface area contributed by atoms with Crippen molar-refractivity contribution >= 4 is 5.82 Å². The van der Waals surface area contributed by atoms with Gasteiger partial charge in [0.15, 0.2) is 5.82 Å². The van der Waals surface area contributed by atoms with Crippen LogP contribution in [0.1, 0.15) is 43.1 Å². The summed E-state index contributed by atoms with van der Waals surface area (Å²) in [5, 5.41) is 11.5. The van der Waals surface area contributed by atoms with Crippen molar-refractivity contribution in [1.29, 1.82) is 0 Å². The van der Waals surface area contributed by atoms with E-state index >= 15 is 0 Å². The van der Waals surface area contributed by atoms with Crippen LogP contribution >= 0.6 is 0 Å². The molecule has 0 bridgehead atoms. The lowest BCUT2D eigenvalue weighted by Gasteiger charge is -2.08. The summed E-state index contributed by atoms with van der Waals surface area (Å²) < 4.78 is 2.15. The summed E-state index contributed by atoms with van der Waals surface area (Å²) in [5.41, 5.74) is 1.05. The van der Waals surface area contributed by atoms with Crippen LogP contribution in [0.4, 0.5) is 5.82 Å². The minimum absolute atomic E-state index is 0.602. The normalized spacial score (nSPS) is 14.6. The van der Waals surface area contributed by atoms with Crippen LogP contribution in [0.5, 0.6) is 0 Å². The maximum absolute atomic E-state index is 4.39. The van der Waals surface area contributed by atoms with Gasteiger partial charge in [0.1, 0.15) is 18.0 Å². The number of nitrogens with zero attached hydrogens (tertiary/aromatic N) is 5. The molecule has 0 amide bonds. The predicted octanol–water partition coefficient (Wildman–Crippen LogP) is 1.89. The number of rotatable bonds is 5. The molecule has 2 heterocycles. The molecule has 6 nitrogen and oxygen atoms in total. The Balaban J connectivity index is 1.71. The molecule has 1 fully saturated rings. The van der Waals surface area contributed by atoms with Crippen molar-refractivity contribution in [3.05, 3.63) is 29.7 Å². The van der Waals surface area contributed by atoms with Gasteiger partial charge in [-0.05, 0) is 26.2 Å². The lowest BCUT2D eigenvalue weighted by atomic mass is 10.3. The lowest BCUT2D eigenvalue weighted by molar-refractivity contribution is 0.689. The van der Waals surface area contributed by atoms with Crippen LogP contribution < -0.4 is 5.32 Å². The third-order valence-electron chi connectivity index (χ3n) is 3.27. The van der Waals surface area contributed by atoms with E-state index in [1.54, 1.807) is 0 Å². The van der Waals surface area contributed by atoms with E-state index < -0.39 is 0 Å². The van der Waals surface area contributed by atoms with Crippen molar-refractivity contribution in [3.8, 4) is 0 Å². The Morgan fingerprint density at radius 1 is 1.37 bits per heavy atom. The lowest BCUT2D eigenvalue weighted by Crippen LogP contribution is -2.09. The van der Waals surface area contributed by atoms with Crippen molar-refractivity contribution < 1.29 is 0 Å². The van der Waals surface area contributed by atoms with Gasteiger partial charge >= 0.3 is 0 Å². The van der Waals surface area contributed by atoms with Crippen molar-refractivity contribution in [2.75, 3.05) is 5.32 Å². The highest BCUT2D eigenvalue weighted by atomic mass is 15.3. The largest absolute Gasteiger partial charge is 0.363 e. The molecule has 2 aromatic heterocycles. The first-order chi connectivity index (χ1) is 9.26. The second kappa shape index (κ2) is 4.95. The van der Waals surface area contributed by atoms with Crippen molar-refractivity contribution in [2.24, 2.45) is 0 Å². The fourth-order valence-electron chi connectivity index (χ4n) is 2.12. The number of aryl methyl sites for hydroxylation is 2. The molecular formula is C13H18N6. The van der Waals surface area contributed by atoms with Gasteiger partial charge in [-0.1, -0.05) is 6.92 Å². The average Bonchev–Trinajstić information content (AvgIpc) is 3.14. The van der Waals surface area contributed by atoms with Crippen LogP contribution in [0.3, 0.4) is 0 Å². The summed E-state index contributed by atoms with van der Waals surface area (Å²) in [6.45, 7) is 4.66. The monoisotopic (exact) mass is 258 g/mol. The number of hydrogen-bond acceptors (Lipinski definition) is 5. The molecule has 1 aliphatic carbocycles. The van der Waals surface area contributed by atoms with Gasteiger partial charge in [-0.15, -0.1) is 10.2 Å².